The molecule has 1 fully saturated rings. The second-order valence-corrected chi connectivity index (χ2v) is 7.24. The fraction of sp³-hybridized carbons (Fsp3) is 0.438. The van der Waals surface area contributed by atoms with Crippen molar-refractivity contribution in [3.05, 3.63) is 39.8 Å². The number of nitrogens with one attached hydrogen (secondary N) is 1. The Morgan fingerprint density at radius 2 is 2.04 bits per heavy atom. The molecular formula is C16H19N3O2S2. The van der Waals surface area contributed by atoms with Crippen molar-refractivity contribution >= 4 is 34.8 Å². The van der Waals surface area contributed by atoms with Crippen molar-refractivity contribution in [2.45, 2.75) is 44.8 Å². The van der Waals surface area contributed by atoms with E-state index in [-0.39, 0.29) is 18.7 Å². The van der Waals surface area contributed by atoms with Crippen LogP contribution in [0.4, 0.5) is 9.93 Å². The summed E-state index contributed by atoms with van der Waals surface area (Å²) in [5, 5.41) is 7.53. The summed E-state index contributed by atoms with van der Waals surface area (Å²) in [6.07, 6.45) is 5.09. The molecule has 1 aliphatic carbocycles. The van der Waals surface area contributed by atoms with Crippen molar-refractivity contribution in [3.63, 3.8) is 0 Å². The van der Waals surface area contributed by atoms with Gasteiger partial charge in [-0.25, -0.2) is 9.69 Å². The molecule has 5 nitrogen and oxygen atoms in total. The second-order valence-electron chi connectivity index (χ2n) is 5.60. The Kier molecular flexibility index (Phi) is 5.40. The summed E-state index contributed by atoms with van der Waals surface area (Å²) in [4.78, 5) is 14.3. The highest BCUT2D eigenvalue weighted by molar-refractivity contribution is 7.73. The molecule has 0 atom stereocenters. The van der Waals surface area contributed by atoms with Crippen molar-refractivity contribution in [1.82, 2.24) is 10.2 Å². The fourth-order valence-electron chi connectivity index (χ4n) is 2.84. The number of aromatic nitrogens is 2. The highest BCUT2D eigenvalue weighted by Crippen LogP contribution is 2.29. The van der Waals surface area contributed by atoms with Gasteiger partial charge in [0.05, 0.1) is 0 Å². The van der Waals surface area contributed by atoms with Gasteiger partial charge in [0.25, 0.3) is 0 Å². The number of aromatic amines is 1. The van der Waals surface area contributed by atoms with Crippen LogP contribution in [-0.2, 0) is 11.3 Å². The van der Waals surface area contributed by atoms with Gasteiger partial charge < -0.3 is 4.74 Å². The summed E-state index contributed by atoms with van der Waals surface area (Å²) < 4.78 is 6.08. The van der Waals surface area contributed by atoms with Gasteiger partial charge >= 0.3 is 6.09 Å². The van der Waals surface area contributed by atoms with Crippen LogP contribution in [0.5, 0.6) is 0 Å². The predicted octanol–water partition coefficient (Wildman–Crippen LogP) is 4.68. The molecule has 0 bridgehead atoms. The van der Waals surface area contributed by atoms with Gasteiger partial charge in [0, 0.05) is 6.04 Å². The van der Waals surface area contributed by atoms with Gasteiger partial charge in [-0.15, -0.1) is 5.10 Å². The van der Waals surface area contributed by atoms with Crippen molar-refractivity contribution < 1.29 is 9.53 Å². The highest BCUT2D eigenvalue weighted by Gasteiger charge is 2.30. The number of benzene rings is 1. The fourth-order valence-corrected chi connectivity index (χ4v) is 3.78. The quantitative estimate of drug-likeness (QED) is 0.815. The van der Waals surface area contributed by atoms with Gasteiger partial charge in [-0.2, -0.15) is 0 Å². The molecule has 1 aromatic heterocycles. The zero-order valence-corrected chi connectivity index (χ0v) is 14.4. The summed E-state index contributed by atoms with van der Waals surface area (Å²) in [7, 11) is 0. The van der Waals surface area contributed by atoms with Crippen LogP contribution in [0, 0.1) is 3.95 Å². The third kappa shape index (κ3) is 4.17. The van der Waals surface area contributed by atoms with Gasteiger partial charge in [-0.1, -0.05) is 60.9 Å². The topological polar surface area (TPSA) is 58.2 Å². The van der Waals surface area contributed by atoms with Crippen molar-refractivity contribution in [2.75, 3.05) is 4.90 Å². The minimum Gasteiger partial charge on any atom is -0.444 e. The number of carbonyl (C=O) groups is 1. The Hall–Kier alpha value is -1.73. The van der Waals surface area contributed by atoms with Crippen molar-refractivity contribution in [1.29, 1.82) is 0 Å². The summed E-state index contributed by atoms with van der Waals surface area (Å²) in [6.45, 7) is 0.263. The van der Waals surface area contributed by atoms with Gasteiger partial charge in [0.1, 0.15) is 6.61 Å². The lowest BCUT2D eigenvalue weighted by atomic mass is 9.95. The molecule has 1 N–H and O–H groups in total. The van der Waals surface area contributed by atoms with E-state index in [1.165, 1.54) is 17.8 Å². The molecule has 1 amide bonds. The van der Waals surface area contributed by atoms with Crippen LogP contribution >= 0.6 is 23.6 Å². The number of ether oxygens (including phenoxy) is 1. The third-order valence-corrected chi connectivity index (χ3v) is 5.06. The van der Waals surface area contributed by atoms with E-state index in [4.69, 9.17) is 17.0 Å². The Morgan fingerprint density at radius 3 is 2.70 bits per heavy atom. The number of H-pyrrole nitrogens is 1. The summed E-state index contributed by atoms with van der Waals surface area (Å²) >= 11 is 6.42. The smallest absolute Gasteiger partial charge is 0.416 e. The van der Waals surface area contributed by atoms with E-state index in [2.05, 4.69) is 10.2 Å². The molecule has 0 aliphatic heterocycles. The molecule has 3 rings (SSSR count). The van der Waals surface area contributed by atoms with E-state index >= 15 is 0 Å². The number of carbonyl (C=O) groups excluding carboxylic acids is 1. The van der Waals surface area contributed by atoms with E-state index in [0.717, 1.165) is 31.2 Å². The van der Waals surface area contributed by atoms with Gasteiger partial charge in [0.15, 0.2) is 3.95 Å². The number of hydrogen-bond acceptors (Lipinski definition) is 5. The normalized spacial score (nSPS) is 15.3. The monoisotopic (exact) mass is 349 g/mol. The largest absolute Gasteiger partial charge is 0.444 e. The van der Waals surface area contributed by atoms with Crippen LogP contribution in [0.15, 0.2) is 30.3 Å². The summed E-state index contributed by atoms with van der Waals surface area (Å²) in [5.41, 5.74) is 0.971. The first-order valence-electron chi connectivity index (χ1n) is 7.79. The van der Waals surface area contributed by atoms with E-state index in [1.54, 1.807) is 4.90 Å². The Balaban J connectivity index is 1.74. The second kappa shape index (κ2) is 7.70. The highest BCUT2D eigenvalue weighted by atomic mass is 32.1. The minimum absolute atomic E-state index is 0.140. The Labute approximate surface area is 144 Å². The van der Waals surface area contributed by atoms with Crippen molar-refractivity contribution in [2.24, 2.45) is 0 Å². The molecule has 0 unspecified atom stereocenters. The zero-order valence-electron chi connectivity index (χ0n) is 12.7. The number of nitrogens with zero attached hydrogens (tertiary/aromatic N) is 2. The molecule has 7 heteroatoms. The molecule has 1 aromatic carbocycles. The van der Waals surface area contributed by atoms with Crippen LogP contribution in [0.1, 0.15) is 37.7 Å². The van der Waals surface area contributed by atoms with Gasteiger partial charge in [0.2, 0.25) is 5.13 Å². The number of rotatable bonds is 4. The van der Waals surface area contributed by atoms with Crippen molar-refractivity contribution in [3.8, 4) is 0 Å². The first-order chi connectivity index (χ1) is 11.2. The average Bonchev–Trinajstić information content (AvgIpc) is 3.01. The minimum atomic E-state index is -0.349. The van der Waals surface area contributed by atoms with E-state index < -0.39 is 0 Å². The maximum Gasteiger partial charge on any atom is 0.416 e. The maximum absolute atomic E-state index is 12.6. The molecule has 1 heterocycles. The Morgan fingerprint density at radius 1 is 1.30 bits per heavy atom. The lowest BCUT2D eigenvalue weighted by molar-refractivity contribution is 0.142. The summed E-state index contributed by atoms with van der Waals surface area (Å²) in [5.74, 6) is 0. The number of hydrogen-bond donors (Lipinski definition) is 1. The van der Waals surface area contributed by atoms with Gasteiger partial charge in [-0.05, 0) is 30.6 Å². The first-order valence-corrected chi connectivity index (χ1v) is 9.02. The van der Waals surface area contributed by atoms with Crippen LogP contribution in [-0.4, -0.2) is 22.3 Å². The molecular weight excluding hydrogens is 330 g/mol. The molecule has 0 radical (unpaired) electrons. The molecule has 0 saturated heterocycles. The standard InChI is InChI=1S/C16H19N3O2S2/c20-16(21-11-12-7-3-1-4-8-12)19(13-9-5-2-6-10-13)14-17-18-15(22)23-14/h1,3-4,7-8,13H,2,5-6,9-11H2,(H,18,22). The number of amides is 1. The van der Waals surface area contributed by atoms with E-state index in [1.807, 2.05) is 30.3 Å². The third-order valence-electron chi connectivity index (χ3n) is 3.97. The average molecular weight is 349 g/mol. The maximum atomic E-state index is 12.6. The van der Waals surface area contributed by atoms with Crippen LogP contribution < -0.4 is 4.90 Å². The SMILES string of the molecule is O=C(OCc1ccccc1)N(c1n[nH]c(=S)s1)C1CCCCC1. The Bertz CT molecular complexity index is 693. The molecule has 2 aromatic rings. The van der Waals surface area contributed by atoms with E-state index in [0.29, 0.717) is 9.09 Å². The van der Waals surface area contributed by atoms with Crippen LogP contribution in [0.3, 0.4) is 0 Å². The lowest BCUT2D eigenvalue weighted by Crippen LogP contribution is -2.42. The lowest BCUT2D eigenvalue weighted by Gasteiger charge is -2.31. The first kappa shape index (κ1) is 16.1. The van der Waals surface area contributed by atoms with Crippen LogP contribution in [0.25, 0.3) is 0 Å². The summed E-state index contributed by atoms with van der Waals surface area (Å²) in [6, 6.07) is 9.83. The molecule has 122 valence electrons. The predicted molar refractivity (Wildman–Crippen MR) is 93.3 cm³/mol. The molecule has 23 heavy (non-hydrogen) atoms. The molecule has 0 spiro atoms. The van der Waals surface area contributed by atoms with E-state index in [9.17, 15) is 4.79 Å². The molecule has 1 saturated carbocycles. The van der Waals surface area contributed by atoms with Gasteiger partial charge in [-0.3, -0.25) is 5.10 Å². The molecule has 1 aliphatic rings. The zero-order chi connectivity index (χ0) is 16.1. The number of anilines is 1. The van der Waals surface area contributed by atoms with Crippen LogP contribution in [0.2, 0.25) is 0 Å².